The number of piperazine rings is 1. The smallest absolute Gasteiger partial charge is 0.214 e. The fourth-order valence-electron chi connectivity index (χ4n) is 3.69. The van der Waals surface area contributed by atoms with E-state index in [0.29, 0.717) is 5.88 Å². The van der Waals surface area contributed by atoms with Crippen LogP contribution >= 0.6 is 11.9 Å². The summed E-state index contributed by atoms with van der Waals surface area (Å²) in [6.45, 7) is 9.55. The number of ether oxygens (including phenoxy) is 1. The number of aromatic nitrogens is 5. The summed E-state index contributed by atoms with van der Waals surface area (Å²) in [7, 11) is 0. The molecule has 0 bridgehead atoms. The number of H-pyrrole nitrogens is 1. The van der Waals surface area contributed by atoms with Gasteiger partial charge in [0.25, 0.3) is 0 Å². The normalized spacial score (nSPS) is 15.1. The Bertz CT molecular complexity index is 1210. The lowest BCUT2D eigenvalue weighted by Crippen LogP contribution is -2.43. The van der Waals surface area contributed by atoms with Crippen molar-refractivity contribution in [3.63, 3.8) is 0 Å². The van der Waals surface area contributed by atoms with Gasteiger partial charge in [0.15, 0.2) is 0 Å². The third kappa shape index (κ3) is 4.28. The molecule has 0 aliphatic carbocycles. The first-order valence-corrected chi connectivity index (χ1v) is 11.4. The molecular formula is C22H25N7O2S. The van der Waals surface area contributed by atoms with Crippen LogP contribution in [0.5, 0.6) is 5.88 Å². The van der Waals surface area contributed by atoms with Crippen molar-refractivity contribution < 1.29 is 9.26 Å². The molecule has 1 aliphatic heterocycles. The highest BCUT2D eigenvalue weighted by Crippen LogP contribution is 2.31. The molecule has 0 spiro atoms. The molecule has 0 unspecified atom stereocenters. The molecule has 5 rings (SSSR count). The van der Waals surface area contributed by atoms with Gasteiger partial charge in [0.2, 0.25) is 5.88 Å². The molecule has 32 heavy (non-hydrogen) atoms. The van der Waals surface area contributed by atoms with Crippen LogP contribution in [0.25, 0.3) is 22.2 Å². The lowest BCUT2D eigenvalue weighted by molar-refractivity contribution is 0.233. The first-order chi connectivity index (χ1) is 15.6. The molecule has 0 saturated carbocycles. The van der Waals surface area contributed by atoms with E-state index >= 15 is 0 Å². The van der Waals surface area contributed by atoms with Gasteiger partial charge < -0.3 is 14.2 Å². The molecule has 1 N–H and O–H groups in total. The Hall–Kier alpha value is -3.11. The lowest BCUT2D eigenvalue weighted by Gasteiger charge is -2.34. The predicted molar refractivity (Wildman–Crippen MR) is 124 cm³/mol. The molecule has 5 heterocycles. The standard InChI is InChI=1S/C22H25N7O2S/c1-14(2)30-21-11-17-18(12-24-21)26-27-22(17)16-4-5-23-20(10-16)28-6-8-29(9-7-28)32-19-13-25-31-15(19)3/h4-5,10-14H,6-9H2,1-3H3,(H,26,27). The van der Waals surface area contributed by atoms with Crippen LogP contribution < -0.4 is 9.64 Å². The first-order valence-electron chi connectivity index (χ1n) is 10.6. The molecule has 1 fully saturated rings. The third-order valence-corrected chi connectivity index (χ3v) is 6.51. The highest BCUT2D eigenvalue weighted by molar-refractivity contribution is 7.97. The Morgan fingerprint density at radius 1 is 1.12 bits per heavy atom. The van der Waals surface area contributed by atoms with Crippen molar-refractivity contribution in [1.82, 2.24) is 29.6 Å². The molecule has 0 radical (unpaired) electrons. The predicted octanol–water partition coefficient (Wildman–Crippen LogP) is 3.93. The van der Waals surface area contributed by atoms with Crippen molar-refractivity contribution >= 4 is 28.7 Å². The van der Waals surface area contributed by atoms with Crippen molar-refractivity contribution in [2.24, 2.45) is 0 Å². The number of nitrogens with one attached hydrogen (secondary N) is 1. The van der Waals surface area contributed by atoms with E-state index in [1.807, 2.05) is 39.1 Å². The van der Waals surface area contributed by atoms with Crippen molar-refractivity contribution in [3.8, 4) is 17.1 Å². The van der Waals surface area contributed by atoms with Crippen molar-refractivity contribution in [2.75, 3.05) is 31.1 Å². The summed E-state index contributed by atoms with van der Waals surface area (Å²) in [6, 6.07) is 6.03. The highest BCUT2D eigenvalue weighted by Gasteiger charge is 2.21. The van der Waals surface area contributed by atoms with Crippen LogP contribution in [0, 0.1) is 6.92 Å². The molecule has 0 atom stereocenters. The number of rotatable bonds is 6. The van der Waals surface area contributed by atoms with Gasteiger partial charge in [0.05, 0.1) is 28.9 Å². The van der Waals surface area contributed by atoms with Crippen LogP contribution in [0.2, 0.25) is 0 Å². The number of nitrogens with zero attached hydrogens (tertiary/aromatic N) is 6. The van der Waals surface area contributed by atoms with Gasteiger partial charge >= 0.3 is 0 Å². The number of pyridine rings is 2. The zero-order valence-corrected chi connectivity index (χ0v) is 19.1. The van der Waals surface area contributed by atoms with E-state index < -0.39 is 0 Å². The zero-order chi connectivity index (χ0) is 22.1. The molecule has 9 nitrogen and oxygen atoms in total. The summed E-state index contributed by atoms with van der Waals surface area (Å²) >= 11 is 1.70. The summed E-state index contributed by atoms with van der Waals surface area (Å²) in [5.41, 5.74) is 2.76. The van der Waals surface area contributed by atoms with E-state index in [4.69, 9.17) is 9.26 Å². The maximum absolute atomic E-state index is 5.77. The van der Waals surface area contributed by atoms with E-state index in [1.54, 1.807) is 24.3 Å². The monoisotopic (exact) mass is 451 g/mol. The second-order valence-corrected chi connectivity index (χ2v) is 9.10. The molecule has 4 aromatic rings. The van der Waals surface area contributed by atoms with Gasteiger partial charge in [0.1, 0.15) is 17.3 Å². The van der Waals surface area contributed by atoms with E-state index in [2.05, 4.69) is 40.6 Å². The highest BCUT2D eigenvalue weighted by atomic mass is 32.2. The Labute approximate surface area is 190 Å². The van der Waals surface area contributed by atoms with Crippen molar-refractivity contribution in [3.05, 3.63) is 42.5 Å². The number of aryl methyl sites for hydroxylation is 1. The largest absolute Gasteiger partial charge is 0.475 e. The minimum Gasteiger partial charge on any atom is -0.475 e. The topological polar surface area (TPSA) is 96.2 Å². The van der Waals surface area contributed by atoms with Crippen molar-refractivity contribution in [1.29, 1.82) is 0 Å². The number of hydrogen-bond acceptors (Lipinski definition) is 9. The Morgan fingerprint density at radius 3 is 2.72 bits per heavy atom. The van der Waals surface area contributed by atoms with Crippen LogP contribution in [-0.4, -0.2) is 61.9 Å². The van der Waals surface area contributed by atoms with Gasteiger partial charge in [-0.1, -0.05) is 5.16 Å². The van der Waals surface area contributed by atoms with Crippen LogP contribution in [0.4, 0.5) is 5.82 Å². The fourth-order valence-corrected chi connectivity index (χ4v) is 4.57. The molecule has 1 saturated heterocycles. The van der Waals surface area contributed by atoms with Crippen LogP contribution in [0.3, 0.4) is 0 Å². The van der Waals surface area contributed by atoms with E-state index in [0.717, 1.165) is 64.8 Å². The summed E-state index contributed by atoms with van der Waals surface area (Å²) in [6.07, 6.45) is 5.45. The molecule has 4 aromatic heterocycles. The molecule has 0 aromatic carbocycles. The third-order valence-electron chi connectivity index (χ3n) is 5.29. The summed E-state index contributed by atoms with van der Waals surface area (Å²) in [5, 5.41) is 12.5. The van der Waals surface area contributed by atoms with Crippen LogP contribution in [0.15, 0.2) is 46.2 Å². The summed E-state index contributed by atoms with van der Waals surface area (Å²) < 4.78 is 13.3. The van der Waals surface area contributed by atoms with Crippen LogP contribution in [0.1, 0.15) is 19.6 Å². The maximum Gasteiger partial charge on any atom is 0.214 e. The van der Waals surface area contributed by atoms with Gasteiger partial charge in [-0.3, -0.25) is 5.10 Å². The average Bonchev–Trinajstić information content (AvgIpc) is 3.40. The molecule has 166 valence electrons. The Kier molecular flexibility index (Phi) is 5.71. The van der Waals surface area contributed by atoms with Gasteiger partial charge in [-0.15, -0.1) is 0 Å². The van der Waals surface area contributed by atoms with E-state index in [1.165, 1.54) is 0 Å². The minimum absolute atomic E-state index is 0.0633. The van der Waals surface area contributed by atoms with E-state index in [9.17, 15) is 0 Å². The molecule has 10 heteroatoms. The second-order valence-electron chi connectivity index (χ2n) is 7.96. The number of fused-ring (bicyclic) bond motifs is 1. The second kappa shape index (κ2) is 8.79. The van der Waals surface area contributed by atoms with Crippen molar-refractivity contribution in [2.45, 2.75) is 31.8 Å². The zero-order valence-electron chi connectivity index (χ0n) is 18.3. The first kappa shape index (κ1) is 20.8. The fraction of sp³-hybridized carbons (Fsp3) is 0.364. The quantitative estimate of drug-likeness (QED) is 0.437. The van der Waals surface area contributed by atoms with Gasteiger partial charge in [0, 0.05) is 49.4 Å². The number of aromatic amines is 1. The number of hydrogen-bond donors (Lipinski definition) is 1. The molecular weight excluding hydrogens is 426 g/mol. The summed E-state index contributed by atoms with van der Waals surface area (Å²) in [4.78, 5) is 12.4. The average molecular weight is 452 g/mol. The van der Waals surface area contributed by atoms with Gasteiger partial charge in [-0.25, -0.2) is 14.3 Å². The van der Waals surface area contributed by atoms with Crippen LogP contribution in [-0.2, 0) is 0 Å². The molecule has 0 amide bonds. The van der Waals surface area contributed by atoms with Gasteiger partial charge in [-0.2, -0.15) is 5.10 Å². The van der Waals surface area contributed by atoms with E-state index in [-0.39, 0.29) is 6.10 Å². The number of anilines is 1. The SMILES string of the molecule is Cc1oncc1SN1CCN(c2cc(-c3n[nH]c4cnc(OC(C)C)cc34)ccn2)CC1. The Balaban J connectivity index is 1.33. The summed E-state index contributed by atoms with van der Waals surface area (Å²) in [5.74, 6) is 2.41. The lowest BCUT2D eigenvalue weighted by atomic mass is 10.1. The maximum atomic E-state index is 5.77. The van der Waals surface area contributed by atoms with Gasteiger partial charge in [-0.05, 0) is 44.9 Å². The molecule has 1 aliphatic rings. The minimum atomic E-state index is 0.0633. The Morgan fingerprint density at radius 2 is 1.97 bits per heavy atom.